The molecule has 0 aromatic heterocycles. The van der Waals surface area contributed by atoms with Gasteiger partial charge in [-0.15, -0.1) is 23.2 Å². The average molecular weight is 165 g/mol. The van der Waals surface area contributed by atoms with Crippen molar-refractivity contribution in [2.24, 2.45) is 0 Å². The Morgan fingerprint density at radius 2 is 2.12 bits per heavy atom. The molecule has 0 atom stereocenters. The monoisotopic (exact) mass is 164 g/mol. The number of alkyl halides is 2. The van der Waals surface area contributed by atoms with Crippen molar-refractivity contribution in [2.75, 3.05) is 0 Å². The maximum Gasteiger partial charge on any atom is 0.114 e. The van der Waals surface area contributed by atoms with E-state index in [2.05, 4.69) is 6.58 Å². The summed E-state index contributed by atoms with van der Waals surface area (Å²) in [6, 6.07) is 0. The lowest BCUT2D eigenvalue weighted by molar-refractivity contribution is 1.89. The van der Waals surface area contributed by atoms with Crippen LogP contribution < -0.4 is 0 Å². The Kier molecular flexibility index (Phi) is 5.60. The molecule has 0 heterocycles. The summed E-state index contributed by atoms with van der Waals surface area (Å²) in [6.07, 6.45) is 3.53. The van der Waals surface area contributed by atoms with Gasteiger partial charge in [0, 0.05) is 0 Å². The molecule has 3 heteroatoms. The van der Waals surface area contributed by atoms with Crippen LogP contribution in [0.5, 0.6) is 0 Å². The minimum absolute atomic E-state index is 0.258. The van der Waals surface area contributed by atoms with Gasteiger partial charge in [-0.3, -0.25) is 0 Å². The SMILES string of the molecule is C=CC=C[Si]C(Cl)Cl. The Labute approximate surface area is 62.0 Å². The Balaban J connectivity index is 3.15. The van der Waals surface area contributed by atoms with Crippen LogP contribution in [-0.4, -0.2) is 14.0 Å². The molecule has 8 heavy (non-hydrogen) atoms. The van der Waals surface area contributed by atoms with Gasteiger partial charge in [0.05, 0.1) is 4.46 Å². The number of hydrogen-bond donors (Lipinski definition) is 0. The van der Waals surface area contributed by atoms with E-state index in [0.717, 1.165) is 0 Å². The Morgan fingerprint density at radius 3 is 2.50 bits per heavy atom. The van der Waals surface area contributed by atoms with E-state index in [9.17, 15) is 0 Å². The van der Waals surface area contributed by atoms with E-state index in [1.54, 1.807) is 6.08 Å². The first-order chi connectivity index (χ1) is 3.77. The van der Waals surface area contributed by atoms with Gasteiger partial charge in [-0.25, -0.2) is 0 Å². The molecule has 0 amide bonds. The van der Waals surface area contributed by atoms with Crippen LogP contribution in [0, 0.1) is 0 Å². The summed E-state index contributed by atoms with van der Waals surface area (Å²) in [5, 5.41) is 0. The van der Waals surface area contributed by atoms with Crippen molar-refractivity contribution in [3.8, 4) is 0 Å². The van der Waals surface area contributed by atoms with Gasteiger partial charge in [0.15, 0.2) is 0 Å². The summed E-state index contributed by atoms with van der Waals surface area (Å²) in [5.74, 6) is 0. The quantitative estimate of drug-likeness (QED) is 0.341. The van der Waals surface area contributed by atoms with Gasteiger partial charge in [-0.1, -0.05) is 24.4 Å². The van der Waals surface area contributed by atoms with Crippen LogP contribution in [0.15, 0.2) is 24.4 Å². The second-order valence-corrected chi connectivity index (χ2v) is 4.13. The summed E-state index contributed by atoms with van der Waals surface area (Å²) in [6.45, 7) is 3.49. The van der Waals surface area contributed by atoms with E-state index in [1.165, 1.54) is 0 Å². The van der Waals surface area contributed by atoms with E-state index < -0.39 is 0 Å². The third-order valence-corrected chi connectivity index (χ3v) is 1.85. The smallest absolute Gasteiger partial charge is 0.110 e. The first-order valence-electron chi connectivity index (χ1n) is 2.09. The summed E-state index contributed by atoms with van der Waals surface area (Å²) < 4.78 is -0.258. The van der Waals surface area contributed by atoms with E-state index >= 15 is 0 Å². The van der Waals surface area contributed by atoms with Crippen LogP contribution in [0.25, 0.3) is 0 Å². The lowest BCUT2D eigenvalue weighted by atomic mass is 10.6. The fourth-order valence-corrected chi connectivity index (χ4v) is 1.03. The summed E-state index contributed by atoms with van der Waals surface area (Å²) in [5.41, 5.74) is 1.90. The largest absolute Gasteiger partial charge is 0.114 e. The van der Waals surface area contributed by atoms with E-state index in [1.807, 2.05) is 11.8 Å². The molecule has 2 radical (unpaired) electrons. The molecule has 0 rings (SSSR count). The molecule has 0 bridgehead atoms. The second kappa shape index (κ2) is 5.41. The molecule has 0 fully saturated rings. The molecule has 0 aromatic carbocycles. The third kappa shape index (κ3) is 6.28. The number of hydrogen-bond acceptors (Lipinski definition) is 0. The van der Waals surface area contributed by atoms with Gasteiger partial charge in [-0.2, -0.15) is 0 Å². The lowest BCUT2D eigenvalue weighted by Crippen LogP contribution is -1.95. The van der Waals surface area contributed by atoms with Crippen LogP contribution >= 0.6 is 23.2 Å². The normalized spacial score (nSPS) is 10.9. The Hall–Kier alpha value is 0.277. The molecule has 0 aromatic rings. The minimum atomic E-state index is -0.258. The maximum atomic E-state index is 5.41. The predicted molar refractivity (Wildman–Crippen MR) is 40.6 cm³/mol. The fourth-order valence-electron chi connectivity index (χ4n) is 0.196. The topological polar surface area (TPSA) is 0 Å². The zero-order valence-corrected chi connectivity index (χ0v) is 6.78. The lowest BCUT2D eigenvalue weighted by Gasteiger charge is -1.86. The van der Waals surface area contributed by atoms with Crippen molar-refractivity contribution < 1.29 is 0 Å². The molecule has 0 spiro atoms. The fraction of sp³-hybridized carbons (Fsp3) is 0.200. The van der Waals surface area contributed by atoms with Crippen molar-refractivity contribution >= 4 is 32.7 Å². The van der Waals surface area contributed by atoms with E-state index in [0.29, 0.717) is 9.52 Å². The molecule has 0 aliphatic heterocycles. The Bertz CT molecular complexity index is 88.4. The van der Waals surface area contributed by atoms with Crippen LogP contribution in [-0.2, 0) is 0 Å². The highest BCUT2D eigenvalue weighted by Crippen LogP contribution is 1.97. The van der Waals surface area contributed by atoms with Crippen molar-refractivity contribution in [1.29, 1.82) is 0 Å². The van der Waals surface area contributed by atoms with Gasteiger partial charge in [0.2, 0.25) is 0 Å². The molecule has 0 nitrogen and oxygen atoms in total. The highest BCUT2D eigenvalue weighted by atomic mass is 35.5. The van der Waals surface area contributed by atoms with Crippen molar-refractivity contribution in [2.45, 2.75) is 4.46 Å². The van der Waals surface area contributed by atoms with Crippen LogP contribution in [0.1, 0.15) is 0 Å². The van der Waals surface area contributed by atoms with Gasteiger partial charge < -0.3 is 0 Å². The highest BCUT2D eigenvalue weighted by molar-refractivity contribution is 6.71. The molecule has 0 unspecified atom stereocenters. The van der Waals surface area contributed by atoms with Crippen molar-refractivity contribution in [3.05, 3.63) is 24.4 Å². The standard InChI is InChI=1S/C5H6Cl2Si/c1-2-3-4-8-5(6)7/h2-5H,1H2. The van der Waals surface area contributed by atoms with Crippen molar-refractivity contribution in [3.63, 3.8) is 0 Å². The maximum absolute atomic E-state index is 5.41. The zero-order valence-electron chi connectivity index (χ0n) is 4.27. The highest BCUT2D eigenvalue weighted by Gasteiger charge is 1.92. The average Bonchev–Trinajstić information content (AvgIpc) is 1.66. The van der Waals surface area contributed by atoms with Crippen LogP contribution in [0.2, 0.25) is 0 Å². The molecular weight excluding hydrogens is 159 g/mol. The molecule has 0 aliphatic rings. The number of rotatable bonds is 3. The summed E-state index contributed by atoms with van der Waals surface area (Å²) in [7, 11) is 0.475. The number of halogens is 2. The second-order valence-electron chi connectivity index (χ2n) is 1.06. The van der Waals surface area contributed by atoms with Gasteiger partial charge >= 0.3 is 0 Å². The molecule has 0 N–H and O–H groups in total. The van der Waals surface area contributed by atoms with Gasteiger partial charge in [-0.05, 0) is 0 Å². The number of allylic oxidation sites excluding steroid dienone is 2. The molecular formula is C5H6Cl2Si. The first kappa shape index (κ1) is 8.28. The Morgan fingerprint density at radius 1 is 1.50 bits per heavy atom. The zero-order chi connectivity index (χ0) is 6.41. The van der Waals surface area contributed by atoms with Gasteiger partial charge in [0.1, 0.15) is 9.52 Å². The van der Waals surface area contributed by atoms with Crippen LogP contribution in [0.3, 0.4) is 0 Å². The molecule has 0 saturated carbocycles. The third-order valence-electron chi connectivity index (χ3n) is 0.455. The van der Waals surface area contributed by atoms with E-state index in [4.69, 9.17) is 23.2 Å². The minimum Gasteiger partial charge on any atom is -0.110 e. The summed E-state index contributed by atoms with van der Waals surface area (Å²) in [4.78, 5) is 0. The molecule has 0 aliphatic carbocycles. The van der Waals surface area contributed by atoms with Gasteiger partial charge in [0.25, 0.3) is 0 Å². The summed E-state index contributed by atoms with van der Waals surface area (Å²) >= 11 is 10.8. The van der Waals surface area contributed by atoms with Crippen LogP contribution in [0.4, 0.5) is 0 Å². The molecule has 44 valence electrons. The van der Waals surface area contributed by atoms with E-state index in [-0.39, 0.29) is 4.46 Å². The predicted octanol–water partition coefficient (Wildman–Crippen LogP) is 2.15. The molecule has 0 saturated heterocycles. The van der Waals surface area contributed by atoms with Crippen molar-refractivity contribution in [1.82, 2.24) is 0 Å². The first-order valence-corrected chi connectivity index (χ1v) is 4.12.